The zero-order valence-electron chi connectivity index (χ0n) is 9.33. The summed E-state index contributed by atoms with van der Waals surface area (Å²) in [6.07, 6.45) is 4.60. The summed E-state index contributed by atoms with van der Waals surface area (Å²) in [5.41, 5.74) is 0. The molecule has 0 aromatic carbocycles. The van der Waals surface area contributed by atoms with Crippen LogP contribution in [0.25, 0.3) is 0 Å². The number of hydrogen-bond acceptors (Lipinski definition) is 2. The Kier molecular flexibility index (Phi) is 7.03. The minimum atomic E-state index is 0. The van der Waals surface area contributed by atoms with Gasteiger partial charge in [-0.1, -0.05) is 26.3 Å². The number of hydrogen-bond donors (Lipinski definition) is 0. The summed E-state index contributed by atoms with van der Waals surface area (Å²) in [6, 6.07) is 3.82. The van der Waals surface area contributed by atoms with Gasteiger partial charge in [-0.25, -0.2) is 0 Å². The molecule has 0 radical (unpaired) electrons. The summed E-state index contributed by atoms with van der Waals surface area (Å²) in [5.74, 6) is 0.102. The number of rotatable bonds is 2. The fourth-order valence-electron chi connectivity index (χ4n) is 0.800. The molecule has 0 unspecified atom stereocenters. The molecule has 0 saturated carbocycles. The number of ketones is 1. The number of aryl methyl sites for hydroxylation is 1. The van der Waals surface area contributed by atoms with Crippen LogP contribution in [0.3, 0.4) is 0 Å². The highest BCUT2D eigenvalue weighted by molar-refractivity contribution is 7.14. The number of thiophene rings is 1. The largest absolute Gasteiger partial charge is 0.288 e. The van der Waals surface area contributed by atoms with Crippen molar-refractivity contribution in [3.8, 4) is 0 Å². The molecule has 80 valence electrons. The van der Waals surface area contributed by atoms with Crippen LogP contribution in [0.1, 0.15) is 43.2 Å². The Balaban J connectivity index is 0. The smallest absolute Gasteiger partial charge is 0.195 e. The Labute approximate surface area is 92.0 Å². The highest BCUT2D eigenvalue weighted by Gasteiger charge is 2.02. The molecule has 1 heterocycles. The first-order valence-electron chi connectivity index (χ1n) is 4.89. The number of allylic oxidation sites excluding steroid dienone is 2. The number of carbonyl (C=O) groups excluding carboxylic acids is 1. The lowest BCUT2D eigenvalue weighted by Crippen LogP contribution is -1.87. The third-order valence-electron chi connectivity index (χ3n) is 1.30. The second kappa shape index (κ2) is 7.51. The standard InChI is InChI=1S/C9H10OS.C3H8.H2/c1-3-4-8(10)9-6-5-7(2)11-9;1-3-2;/h3-6H,1-2H3;3H2,1-2H3;1H/b4-3-;;. The molecule has 0 N–H and O–H groups in total. The van der Waals surface area contributed by atoms with Crippen molar-refractivity contribution >= 4 is 17.1 Å². The van der Waals surface area contributed by atoms with Crippen molar-refractivity contribution < 1.29 is 6.22 Å². The van der Waals surface area contributed by atoms with Crippen LogP contribution in [-0.4, -0.2) is 5.78 Å². The van der Waals surface area contributed by atoms with Gasteiger partial charge in [0.2, 0.25) is 0 Å². The van der Waals surface area contributed by atoms with Crippen LogP contribution in [0.15, 0.2) is 24.3 Å². The molecule has 0 bridgehead atoms. The maximum Gasteiger partial charge on any atom is 0.195 e. The normalized spacial score (nSPS) is 9.71. The first-order valence-corrected chi connectivity index (χ1v) is 5.70. The fourth-order valence-corrected chi connectivity index (χ4v) is 1.59. The van der Waals surface area contributed by atoms with Crippen molar-refractivity contribution in [1.82, 2.24) is 0 Å². The van der Waals surface area contributed by atoms with Crippen LogP contribution < -0.4 is 0 Å². The zero-order chi connectivity index (χ0) is 11.0. The molecule has 1 aromatic heterocycles. The van der Waals surface area contributed by atoms with E-state index in [1.807, 2.05) is 26.0 Å². The predicted octanol–water partition coefficient (Wildman–Crippen LogP) is 4.48. The first-order chi connectivity index (χ1) is 6.65. The maximum atomic E-state index is 11.2. The predicted molar refractivity (Wildman–Crippen MR) is 66.3 cm³/mol. The van der Waals surface area contributed by atoms with Crippen molar-refractivity contribution in [2.45, 2.75) is 34.1 Å². The molecule has 0 saturated heterocycles. The lowest BCUT2D eigenvalue weighted by molar-refractivity contribution is 0.105. The zero-order valence-corrected chi connectivity index (χ0v) is 10.1. The van der Waals surface area contributed by atoms with Crippen LogP contribution in [0, 0.1) is 6.92 Å². The summed E-state index contributed by atoms with van der Waals surface area (Å²) < 4.78 is 0. The molecule has 0 aliphatic carbocycles. The second-order valence-electron chi connectivity index (χ2n) is 2.98. The molecule has 14 heavy (non-hydrogen) atoms. The summed E-state index contributed by atoms with van der Waals surface area (Å²) in [7, 11) is 0. The first kappa shape index (κ1) is 13.1. The van der Waals surface area contributed by atoms with E-state index in [9.17, 15) is 4.79 Å². The van der Waals surface area contributed by atoms with E-state index in [1.54, 1.807) is 12.2 Å². The second-order valence-corrected chi connectivity index (χ2v) is 4.27. The van der Waals surface area contributed by atoms with E-state index in [4.69, 9.17) is 0 Å². The summed E-state index contributed by atoms with van der Waals surface area (Å²) in [4.78, 5) is 13.2. The molecular formula is C12H20OS. The molecule has 1 rings (SSSR count). The Bertz CT molecular complexity index is 302. The van der Waals surface area contributed by atoms with Crippen molar-refractivity contribution in [2.24, 2.45) is 0 Å². The van der Waals surface area contributed by atoms with Crippen LogP contribution >= 0.6 is 11.3 Å². The topological polar surface area (TPSA) is 17.1 Å². The van der Waals surface area contributed by atoms with Crippen molar-refractivity contribution in [3.63, 3.8) is 0 Å². The lowest BCUT2D eigenvalue weighted by Gasteiger charge is -1.84. The molecule has 0 atom stereocenters. The maximum absolute atomic E-state index is 11.2. The quantitative estimate of drug-likeness (QED) is 0.522. The molecular weight excluding hydrogens is 192 g/mol. The van der Waals surface area contributed by atoms with E-state index in [-0.39, 0.29) is 7.21 Å². The van der Waals surface area contributed by atoms with Gasteiger partial charge in [-0.2, -0.15) is 0 Å². The molecule has 0 aliphatic heterocycles. The SMILES string of the molecule is C/C=C\C(=O)c1ccc(C)s1.CCC.[HH]. The van der Waals surface area contributed by atoms with Gasteiger partial charge in [0.25, 0.3) is 0 Å². The Hall–Kier alpha value is -0.890. The summed E-state index contributed by atoms with van der Waals surface area (Å²) in [6.45, 7) is 8.09. The minimum Gasteiger partial charge on any atom is -0.288 e. The molecule has 0 spiro atoms. The van der Waals surface area contributed by atoms with Gasteiger partial charge in [0.05, 0.1) is 4.88 Å². The van der Waals surface area contributed by atoms with Crippen molar-refractivity contribution in [1.29, 1.82) is 0 Å². The van der Waals surface area contributed by atoms with Crippen LogP contribution in [0.4, 0.5) is 0 Å². The Morgan fingerprint density at radius 1 is 1.50 bits per heavy atom. The van der Waals surface area contributed by atoms with E-state index in [0.29, 0.717) is 0 Å². The lowest BCUT2D eigenvalue weighted by atomic mass is 10.3. The van der Waals surface area contributed by atoms with E-state index < -0.39 is 0 Å². The average Bonchev–Trinajstić information content (AvgIpc) is 2.54. The summed E-state index contributed by atoms with van der Waals surface area (Å²) in [5, 5.41) is 0. The average molecular weight is 212 g/mol. The molecule has 1 aromatic rings. The minimum absolute atomic E-state index is 0. The number of carbonyl (C=O) groups is 1. The van der Waals surface area contributed by atoms with Gasteiger partial charge in [0.1, 0.15) is 0 Å². The van der Waals surface area contributed by atoms with Gasteiger partial charge >= 0.3 is 0 Å². The van der Waals surface area contributed by atoms with Crippen LogP contribution in [-0.2, 0) is 0 Å². The van der Waals surface area contributed by atoms with E-state index in [2.05, 4.69) is 13.8 Å². The monoisotopic (exact) mass is 212 g/mol. The van der Waals surface area contributed by atoms with Crippen molar-refractivity contribution in [2.75, 3.05) is 0 Å². The third kappa shape index (κ3) is 4.97. The van der Waals surface area contributed by atoms with Gasteiger partial charge in [-0.05, 0) is 32.1 Å². The molecule has 0 fully saturated rings. The van der Waals surface area contributed by atoms with E-state index >= 15 is 0 Å². The Morgan fingerprint density at radius 2 is 2.07 bits per heavy atom. The van der Waals surface area contributed by atoms with Crippen molar-refractivity contribution in [3.05, 3.63) is 34.0 Å². The van der Waals surface area contributed by atoms with E-state index in [1.165, 1.54) is 22.6 Å². The highest BCUT2D eigenvalue weighted by atomic mass is 32.1. The molecule has 2 heteroatoms. The van der Waals surface area contributed by atoms with Gasteiger partial charge in [0.15, 0.2) is 5.78 Å². The summed E-state index contributed by atoms with van der Waals surface area (Å²) >= 11 is 1.53. The van der Waals surface area contributed by atoms with Gasteiger partial charge in [0, 0.05) is 6.30 Å². The Morgan fingerprint density at radius 3 is 2.43 bits per heavy atom. The fraction of sp³-hybridized carbons (Fsp3) is 0.417. The molecule has 0 amide bonds. The molecule has 1 nitrogen and oxygen atoms in total. The molecule has 0 aliphatic rings. The van der Waals surface area contributed by atoms with Gasteiger partial charge < -0.3 is 0 Å². The third-order valence-corrected chi connectivity index (χ3v) is 2.32. The van der Waals surface area contributed by atoms with E-state index in [0.717, 1.165) is 4.88 Å². The van der Waals surface area contributed by atoms with Crippen LogP contribution in [0.2, 0.25) is 0 Å². The van der Waals surface area contributed by atoms with Gasteiger partial charge in [-0.15, -0.1) is 11.3 Å². The highest BCUT2D eigenvalue weighted by Crippen LogP contribution is 2.15. The van der Waals surface area contributed by atoms with Crippen LogP contribution in [0.5, 0.6) is 0 Å². The van der Waals surface area contributed by atoms with Gasteiger partial charge in [-0.3, -0.25) is 4.79 Å².